The van der Waals surface area contributed by atoms with Crippen molar-refractivity contribution in [3.05, 3.63) is 24.3 Å². The van der Waals surface area contributed by atoms with E-state index in [2.05, 4.69) is 27.2 Å². The molecule has 0 heterocycles. The van der Waals surface area contributed by atoms with E-state index in [0.29, 0.717) is 13.2 Å². The molecule has 0 fully saturated rings. The first-order valence-electron chi connectivity index (χ1n) is 8.09. The highest BCUT2D eigenvalue weighted by atomic mass is 32.2. The van der Waals surface area contributed by atoms with Gasteiger partial charge in [0, 0.05) is 32.3 Å². The second-order valence-electron chi connectivity index (χ2n) is 5.18. The summed E-state index contributed by atoms with van der Waals surface area (Å²) in [5.74, 6) is 2.61. The molecule has 134 valence electrons. The molecule has 0 bridgehead atoms. The van der Waals surface area contributed by atoms with Crippen molar-refractivity contribution >= 4 is 29.3 Å². The second kappa shape index (κ2) is 12.5. The van der Waals surface area contributed by atoms with Crippen molar-refractivity contribution in [2.75, 3.05) is 44.1 Å². The number of hydrogen-bond acceptors (Lipinski definition) is 4. The van der Waals surface area contributed by atoms with Crippen molar-refractivity contribution in [2.24, 2.45) is 4.99 Å². The third-order valence-corrected chi connectivity index (χ3v) is 3.81. The van der Waals surface area contributed by atoms with Gasteiger partial charge in [-0.15, -0.1) is 0 Å². The zero-order valence-corrected chi connectivity index (χ0v) is 15.5. The van der Waals surface area contributed by atoms with Gasteiger partial charge in [0.2, 0.25) is 5.91 Å². The lowest BCUT2D eigenvalue weighted by Crippen LogP contribution is -2.39. The van der Waals surface area contributed by atoms with Crippen LogP contribution in [0.4, 0.5) is 5.69 Å². The van der Waals surface area contributed by atoms with Gasteiger partial charge in [-0.05, 0) is 37.0 Å². The maximum atomic E-state index is 11.1. The Kier molecular flexibility index (Phi) is 10.5. The van der Waals surface area contributed by atoms with Crippen LogP contribution in [0, 0.1) is 0 Å². The van der Waals surface area contributed by atoms with Crippen molar-refractivity contribution in [2.45, 2.75) is 19.8 Å². The topological polar surface area (TPSA) is 74.8 Å². The predicted octanol–water partition coefficient (Wildman–Crippen LogP) is 2.33. The monoisotopic (exact) mass is 352 g/mol. The fourth-order valence-corrected chi connectivity index (χ4v) is 2.50. The number of anilines is 1. The van der Waals surface area contributed by atoms with E-state index >= 15 is 0 Å². The summed E-state index contributed by atoms with van der Waals surface area (Å²) in [6.45, 7) is 3.56. The van der Waals surface area contributed by atoms with E-state index in [9.17, 15) is 4.79 Å². The van der Waals surface area contributed by atoms with Gasteiger partial charge < -0.3 is 20.7 Å². The number of aliphatic imine (C=N–C) groups is 1. The number of hydrogen-bond donors (Lipinski definition) is 3. The standard InChI is InChI=1S/C17H28N4O2S/c1-14(22)21-15-7-6-8-16(13-15)23-11-10-20-17(18-2)19-9-4-5-12-24-3/h6-8,13H,4-5,9-12H2,1-3H3,(H,21,22)(H2,18,19,20). The van der Waals surface area contributed by atoms with Gasteiger partial charge in [-0.25, -0.2) is 0 Å². The van der Waals surface area contributed by atoms with Crippen LogP contribution in [0.3, 0.4) is 0 Å². The maximum Gasteiger partial charge on any atom is 0.221 e. The molecule has 0 saturated carbocycles. The normalized spacial score (nSPS) is 11.0. The van der Waals surface area contributed by atoms with Gasteiger partial charge in [-0.1, -0.05) is 6.07 Å². The highest BCUT2D eigenvalue weighted by Crippen LogP contribution is 2.16. The molecule has 0 aromatic heterocycles. The Morgan fingerprint density at radius 3 is 2.75 bits per heavy atom. The molecule has 0 spiro atoms. The Hall–Kier alpha value is -1.89. The lowest BCUT2D eigenvalue weighted by molar-refractivity contribution is -0.114. The van der Waals surface area contributed by atoms with Crippen molar-refractivity contribution in [1.29, 1.82) is 0 Å². The van der Waals surface area contributed by atoms with Crippen LogP contribution in [0.1, 0.15) is 19.8 Å². The number of amides is 1. The van der Waals surface area contributed by atoms with Crippen LogP contribution < -0.4 is 20.7 Å². The van der Waals surface area contributed by atoms with E-state index in [0.717, 1.165) is 30.4 Å². The van der Waals surface area contributed by atoms with Crippen LogP contribution in [0.25, 0.3) is 0 Å². The summed E-state index contributed by atoms with van der Waals surface area (Å²) in [5, 5.41) is 9.24. The van der Waals surface area contributed by atoms with Crippen LogP contribution in [-0.4, -0.2) is 50.6 Å². The number of guanidine groups is 1. The molecule has 1 amide bonds. The number of thioether (sulfide) groups is 1. The van der Waals surface area contributed by atoms with Gasteiger partial charge in [-0.3, -0.25) is 9.79 Å². The lowest BCUT2D eigenvalue weighted by Gasteiger charge is -2.13. The zero-order chi connectivity index (χ0) is 17.6. The number of ether oxygens (including phenoxy) is 1. The predicted molar refractivity (Wildman–Crippen MR) is 103 cm³/mol. The molecule has 0 aliphatic heterocycles. The van der Waals surface area contributed by atoms with E-state index in [1.54, 1.807) is 13.1 Å². The summed E-state index contributed by atoms with van der Waals surface area (Å²) in [5.41, 5.74) is 0.732. The molecule has 0 atom stereocenters. The number of benzene rings is 1. The van der Waals surface area contributed by atoms with Crippen molar-refractivity contribution in [1.82, 2.24) is 10.6 Å². The number of rotatable bonds is 10. The van der Waals surface area contributed by atoms with Gasteiger partial charge in [0.25, 0.3) is 0 Å². The fourth-order valence-electron chi connectivity index (χ4n) is 2.00. The quantitative estimate of drug-likeness (QED) is 0.342. The highest BCUT2D eigenvalue weighted by molar-refractivity contribution is 7.98. The smallest absolute Gasteiger partial charge is 0.221 e. The van der Waals surface area contributed by atoms with Crippen LogP contribution >= 0.6 is 11.8 Å². The molecule has 7 heteroatoms. The number of nitrogens with zero attached hydrogens (tertiary/aromatic N) is 1. The van der Waals surface area contributed by atoms with Crippen molar-refractivity contribution in [3.8, 4) is 5.75 Å². The van der Waals surface area contributed by atoms with Crippen LogP contribution in [0.15, 0.2) is 29.3 Å². The first-order chi connectivity index (χ1) is 11.7. The Morgan fingerprint density at radius 2 is 2.04 bits per heavy atom. The minimum Gasteiger partial charge on any atom is -0.492 e. The molecule has 1 rings (SSSR count). The van der Waals surface area contributed by atoms with Crippen LogP contribution in [0.5, 0.6) is 5.75 Å². The Morgan fingerprint density at radius 1 is 1.25 bits per heavy atom. The molecule has 0 aliphatic carbocycles. The Labute approximate surface area is 148 Å². The molecule has 0 saturated heterocycles. The van der Waals surface area contributed by atoms with Gasteiger partial charge in [0.1, 0.15) is 12.4 Å². The van der Waals surface area contributed by atoms with Crippen LogP contribution in [0.2, 0.25) is 0 Å². The van der Waals surface area contributed by atoms with E-state index in [-0.39, 0.29) is 5.91 Å². The number of carbonyl (C=O) groups excluding carboxylic acids is 1. The fraction of sp³-hybridized carbons (Fsp3) is 0.529. The number of nitrogens with one attached hydrogen (secondary N) is 3. The minimum atomic E-state index is -0.0961. The third-order valence-electron chi connectivity index (χ3n) is 3.11. The number of unbranched alkanes of at least 4 members (excludes halogenated alkanes) is 1. The summed E-state index contributed by atoms with van der Waals surface area (Å²) in [6.07, 6.45) is 4.46. The van der Waals surface area contributed by atoms with E-state index in [1.807, 2.05) is 30.0 Å². The molecule has 6 nitrogen and oxygen atoms in total. The SMILES string of the molecule is CN=C(NCCCCSC)NCCOc1cccc(NC(C)=O)c1. The molecule has 24 heavy (non-hydrogen) atoms. The molecule has 1 aromatic carbocycles. The van der Waals surface area contributed by atoms with E-state index < -0.39 is 0 Å². The molecule has 0 unspecified atom stereocenters. The summed E-state index contributed by atoms with van der Waals surface area (Å²) in [7, 11) is 1.76. The van der Waals surface area contributed by atoms with E-state index in [1.165, 1.54) is 19.1 Å². The zero-order valence-electron chi connectivity index (χ0n) is 14.7. The van der Waals surface area contributed by atoms with Gasteiger partial charge >= 0.3 is 0 Å². The summed E-state index contributed by atoms with van der Waals surface area (Å²) < 4.78 is 5.68. The Bertz CT molecular complexity index is 523. The molecular formula is C17H28N4O2S. The highest BCUT2D eigenvalue weighted by Gasteiger charge is 2.00. The van der Waals surface area contributed by atoms with Gasteiger partial charge in [0.05, 0.1) is 6.54 Å². The molecule has 0 aliphatic rings. The second-order valence-corrected chi connectivity index (χ2v) is 6.17. The average molecular weight is 353 g/mol. The number of carbonyl (C=O) groups is 1. The molecule has 0 radical (unpaired) electrons. The molecule has 3 N–H and O–H groups in total. The largest absolute Gasteiger partial charge is 0.492 e. The summed E-state index contributed by atoms with van der Waals surface area (Å²) in [6, 6.07) is 7.35. The van der Waals surface area contributed by atoms with Crippen molar-refractivity contribution < 1.29 is 9.53 Å². The first-order valence-corrected chi connectivity index (χ1v) is 9.49. The summed E-state index contributed by atoms with van der Waals surface area (Å²) in [4.78, 5) is 15.2. The van der Waals surface area contributed by atoms with Gasteiger partial charge in [0.15, 0.2) is 5.96 Å². The molecular weight excluding hydrogens is 324 g/mol. The first kappa shape index (κ1) is 20.2. The lowest BCUT2D eigenvalue weighted by atomic mass is 10.3. The van der Waals surface area contributed by atoms with Crippen molar-refractivity contribution in [3.63, 3.8) is 0 Å². The summed E-state index contributed by atoms with van der Waals surface area (Å²) >= 11 is 1.87. The minimum absolute atomic E-state index is 0.0961. The average Bonchev–Trinajstić information content (AvgIpc) is 2.56. The maximum absolute atomic E-state index is 11.1. The van der Waals surface area contributed by atoms with Gasteiger partial charge in [-0.2, -0.15) is 11.8 Å². The van der Waals surface area contributed by atoms with E-state index in [4.69, 9.17) is 4.74 Å². The Balaban J connectivity index is 2.23. The third kappa shape index (κ3) is 9.29. The molecule has 1 aromatic rings. The van der Waals surface area contributed by atoms with Crippen LogP contribution in [-0.2, 0) is 4.79 Å².